The van der Waals surface area contributed by atoms with Crippen molar-refractivity contribution in [3.05, 3.63) is 489 Å². The predicted molar refractivity (Wildman–Crippen MR) is 509 cm³/mol. The summed E-state index contributed by atoms with van der Waals surface area (Å²) in [5.74, 6) is 0. The quantitative estimate of drug-likeness (QED) is 0.166. The third-order valence-corrected chi connectivity index (χ3v) is 27.2. The summed E-state index contributed by atoms with van der Waals surface area (Å²) in [6.45, 7) is 4.59. The molecular weight excluding hydrogens is 1810 g/mol. The van der Waals surface area contributed by atoms with Crippen LogP contribution in [0.15, 0.2) is 433 Å². The number of thiophene rings is 1. The van der Waals surface area contributed by atoms with Crippen molar-refractivity contribution < 1.29 is 0 Å². The number of nitrogens with zero attached hydrogens (tertiary/aromatic N) is 1. The number of halogens is 6. The van der Waals surface area contributed by atoms with Crippen molar-refractivity contribution in [1.82, 2.24) is 4.57 Å². The van der Waals surface area contributed by atoms with Crippen LogP contribution in [0.2, 0.25) is 0 Å². The molecule has 17 aromatic carbocycles. The monoisotopic (exact) mass is 1880 g/mol. The van der Waals surface area contributed by atoms with Crippen molar-refractivity contribution in [3.63, 3.8) is 0 Å². The SMILES string of the molecule is Brc1ccc2c(c1)C(c1ccccc1)(c1ccccc1)c1ccccc1-2.Brc1ccc2c(c1)C1(c3ccccc3-c3ccccc31)c1ccccc1-2.Brc1ccc2c(c1)c1ccccc1n2-c1ccccc1.Brc1ccc2sc3ccccc3c2c1.Brc1ccccc1-c1ccccc1.CC1(C)c2ccccc2-c2ccc(Br)cc21. The zero-order valence-electron chi connectivity index (χ0n) is 62.8. The zero-order chi connectivity index (χ0) is 78.4. The van der Waals surface area contributed by atoms with Crippen molar-refractivity contribution in [2.24, 2.45) is 0 Å². The molecule has 4 aliphatic carbocycles. The van der Waals surface area contributed by atoms with Gasteiger partial charge in [0, 0.05) is 68.9 Å². The Morgan fingerprint density at radius 1 is 0.226 bits per heavy atom. The molecule has 0 unspecified atom stereocenters. The molecule has 554 valence electrons. The molecule has 19 aromatic rings. The molecule has 0 aliphatic heterocycles. The minimum absolute atomic E-state index is 0.121. The Labute approximate surface area is 726 Å². The summed E-state index contributed by atoms with van der Waals surface area (Å²) in [4.78, 5) is 0. The number of aromatic nitrogens is 1. The Balaban J connectivity index is 0.0000000976. The average Bonchev–Trinajstić information content (AvgIpc) is 1.52. The number of benzene rings is 17. The average molecular weight is 1880 g/mol. The second-order valence-electron chi connectivity index (χ2n) is 29.6. The lowest BCUT2D eigenvalue weighted by Gasteiger charge is -2.33. The van der Waals surface area contributed by atoms with E-state index in [4.69, 9.17) is 0 Å². The van der Waals surface area contributed by atoms with Crippen LogP contribution in [0.5, 0.6) is 0 Å². The summed E-state index contributed by atoms with van der Waals surface area (Å²) < 4.78 is 11.8. The van der Waals surface area contributed by atoms with E-state index in [1.165, 1.54) is 159 Å². The lowest BCUT2D eigenvalue weighted by molar-refractivity contribution is 0.660. The molecule has 0 radical (unpaired) electrons. The fourth-order valence-corrected chi connectivity index (χ4v) is 21.4. The number of para-hydroxylation sites is 2. The Hall–Kier alpha value is -10.4. The van der Waals surface area contributed by atoms with Gasteiger partial charge in [-0.3, -0.25) is 0 Å². The van der Waals surface area contributed by atoms with E-state index in [1.807, 2.05) is 35.6 Å². The van der Waals surface area contributed by atoms with Crippen LogP contribution in [0.3, 0.4) is 0 Å². The van der Waals surface area contributed by atoms with Gasteiger partial charge in [-0.2, -0.15) is 0 Å². The molecule has 1 spiro atoms. The number of hydrogen-bond acceptors (Lipinski definition) is 1. The highest BCUT2D eigenvalue weighted by molar-refractivity contribution is 9.11. The zero-order valence-corrected chi connectivity index (χ0v) is 73.1. The van der Waals surface area contributed by atoms with Gasteiger partial charge in [0.1, 0.15) is 0 Å². The minimum Gasteiger partial charge on any atom is -0.309 e. The van der Waals surface area contributed by atoms with Crippen LogP contribution < -0.4 is 0 Å². The molecule has 0 bridgehead atoms. The molecule has 0 N–H and O–H groups in total. The van der Waals surface area contributed by atoms with E-state index in [0.717, 1.165) is 26.8 Å². The van der Waals surface area contributed by atoms with Gasteiger partial charge in [-0.1, -0.05) is 413 Å². The molecular formula is C107H73Br6NS. The molecule has 0 atom stereocenters. The van der Waals surface area contributed by atoms with Crippen LogP contribution >= 0.6 is 107 Å². The van der Waals surface area contributed by atoms with E-state index < -0.39 is 0 Å². The van der Waals surface area contributed by atoms with E-state index >= 15 is 0 Å². The molecule has 1 nitrogen and oxygen atoms in total. The van der Waals surface area contributed by atoms with Gasteiger partial charge in [0.15, 0.2) is 0 Å². The van der Waals surface area contributed by atoms with Crippen LogP contribution in [0.1, 0.15) is 69.5 Å². The molecule has 8 heteroatoms. The van der Waals surface area contributed by atoms with E-state index in [0.29, 0.717) is 0 Å². The second kappa shape index (κ2) is 32.4. The van der Waals surface area contributed by atoms with Crippen molar-refractivity contribution in [2.45, 2.75) is 30.1 Å². The van der Waals surface area contributed by atoms with Crippen LogP contribution in [-0.2, 0) is 16.2 Å². The maximum Gasteiger partial charge on any atom is 0.0725 e. The van der Waals surface area contributed by atoms with E-state index in [2.05, 4.69) is 496 Å². The minimum atomic E-state index is -0.293. The highest BCUT2D eigenvalue weighted by Crippen LogP contribution is 2.63. The Morgan fingerprint density at radius 3 is 1.10 bits per heavy atom. The molecule has 0 saturated carbocycles. The topological polar surface area (TPSA) is 4.93 Å². The van der Waals surface area contributed by atoms with Crippen LogP contribution in [0, 0.1) is 0 Å². The molecule has 4 aliphatic rings. The summed E-state index contributed by atoms with van der Waals surface area (Å²) in [5.41, 5.74) is 30.3. The highest BCUT2D eigenvalue weighted by Gasteiger charge is 2.52. The summed E-state index contributed by atoms with van der Waals surface area (Å²) in [6, 6.07) is 145. The Bertz CT molecular complexity index is 6640. The lowest BCUT2D eigenvalue weighted by atomic mass is 9.68. The predicted octanol–water partition coefficient (Wildman–Crippen LogP) is 32.8. The standard InChI is InChI=1S/C25H15Br.C25H17Br.C18H12BrN.C15H13Br.C12H7BrS.C12H9Br/c26-16-13-14-20-19-9-3-6-12-23(19)25(24(20)15-16)21-10-4-1-7-17(21)18-8-2-5-11-22(18)25;26-20-15-16-22-21-13-7-8-14-23(21)25(24(22)17-20,18-9-3-1-4-10-18)19-11-5-2-6-12-19;19-13-10-11-18-16(12-13)15-8-4-5-9-17(15)20(18)14-6-2-1-3-7-14;1-15(2)13-6-4-3-5-11(13)12-8-7-10(16)9-14(12)15;13-8-5-6-12-10(7-8)9-3-1-2-4-11(9)14-12;13-12-9-5-4-8-11(12)10-6-2-1-3-7-10/h1-15H;1-17H;1-12H;3-9H,1-2H3;1-7H;1-9H. The third-order valence-electron chi connectivity index (χ3n) is 22.9. The summed E-state index contributed by atoms with van der Waals surface area (Å²) in [5, 5.41) is 5.26. The fourth-order valence-electron chi connectivity index (χ4n) is 18.0. The van der Waals surface area contributed by atoms with Gasteiger partial charge in [0.25, 0.3) is 0 Å². The number of rotatable bonds is 4. The lowest BCUT2D eigenvalue weighted by Crippen LogP contribution is -2.28. The number of fused-ring (bicyclic) bond motifs is 22. The normalized spacial score (nSPS) is 13.1. The van der Waals surface area contributed by atoms with Crippen molar-refractivity contribution in [1.29, 1.82) is 0 Å². The molecule has 115 heavy (non-hydrogen) atoms. The largest absolute Gasteiger partial charge is 0.309 e. The van der Waals surface area contributed by atoms with Gasteiger partial charge in [-0.25, -0.2) is 0 Å². The van der Waals surface area contributed by atoms with Crippen LogP contribution in [-0.4, -0.2) is 4.57 Å². The van der Waals surface area contributed by atoms with Gasteiger partial charge in [0.05, 0.1) is 21.9 Å². The van der Waals surface area contributed by atoms with Gasteiger partial charge < -0.3 is 4.57 Å². The first-order valence-corrected chi connectivity index (χ1v) is 44.0. The van der Waals surface area contributed by atoms with Gasteiger partial charge in [-0.05, 0) is 214 Å². The molecule has 23 rings (SSSR count). The fraction of sp³-hybridized carbons (Fsp3) is 0.0467. The Morgan fingerprint density at radius 2 is 0.565 bits per heavy atom. The first-order valence-electron chi connectivity index (χ1n) is 38.4. The summed E-state index contributed by atoms with van der Waals surface area (Å²) in [7, 11) is 0. The van der Waals surface area contributed by atoms with Crippen LogP contribution in [0.25, 0.3) is 103 Å². The highest BCUT2D eigenvalue weighted by atomic mass is 79.9. The molecule has 2 aromatic heterocycles. The van der Waals surface area contributed by atoms with Gasteiger partial charge >= 0.3 is 0 Å². The van der Waals surface area contributed by atoms with E-state index in [1.54, 1.807) is 0 Å². The number of hydrogen-bond donors (Lipinski definition) is 0. The second-order valence-corrected chi connectivity index (χ2v) is 36.1. The summed E-state index contributed by atoms with van der Waals surface area (Å²) in [6.07, 6.45) is 0. The van der Waals surface area contributed by atoms with E-state index in [9.17, 15) is 0 Å². The van der Waals surface area contributed by atoms with Gasteiger partial charge in [-0.15, -0.1) is 11.3 Å². The molecule has 0 saturated heterocycles. The molecule has 2 heterocycles. The Kier molecular flexibility index (Phi) is 21.4. The van der Waals surface area contributed by atoms with Crippen LogP contribution in [0.4, 0.5) is 0 Å². The molecule has 0 fully saturated rings. The summed E-state index contributed by atoms with van der Waals surface area (Å²) >= 11 is 23.5. The van der Waals surface area contributed by atoms with E-state index in [-0.39, 0.29) is 16.2 Å². The maximum atomic E-state index is 3.72. The van der Waals surface area contributed by atoms with Gasteiger partial charge in [0.2, 0.25) is 0 Å². The first kappa shape index (κ1) is 76.0. The smallest absolute Gasteiger partial charge is 0.0725 e. The first-order chi connectivity index (χ1) is 56.3. The third kappa shape index (κ3) is 13.8. The van der Waals surface area contributed by atoms with Crippen molar-refractivity contribution >= 4 is 149 Å². The molecule has 0 amide bonds. The van der Waals surface area contributed by atoms with Crippen molar-refractivity contribution in [3.8, 4) is 61.3 Å². The maximum absolute atomic E-state index is 3.72. The van der Waals surface area contributed by atoms with Crippen molar-refractivity contribution in [2.75, 3.05) is 0 Å².